The third kappa shape index (κ3) is 2.72. The Hall–Kier alpha value is -1.75. The summed E-state index contributed by atoms with van der Waals surface area (Å²) in [5, 5.41) is 2.97. The maximum Gasteiger partial charge on any atom is 0.224 e. The van der Waals surface area contributed by atoms with Gasteiger partial charge in [-0.05, 0) is 43.7 Å². The average molecular weight is 275 g/mol. The standard InChI is InChI=1S/C15H21N3O2/c16-11-3-5-12(6-4-11)20-9-8-18-7-1-2-13-14(18)10-17-15(13)19/h3-6,13-14H,1-2,7-10,16H2,(H,17,19). The first-order valence-corrected chi connectivity index (χ1v) is 7.24. The zero-order valence-corrected chi connectivity index (χ0v) is 11.5. The molecule has 1 aromatic rings. The van der Waals surface area contributed by atoms with Crippen LogP contribution < -0.4 is 15.8 Å². The Morgan fingerprint density at radius 1 is 1.35 bits per heavy atom. The van der Waals surface area contributed by atoms with Crippen molar-refractivity contribution in [3.63, 3.8) is 0 Å². The highest BCUT2D eigenvalue weighted by Crippen LogP contribution is 2.27. The molecular formula is C15H21N3O2. The van der Waals surface area contributed by atoms with Gasteiger partial charge >= 0.3 is 0 Å². The van der Waals surface area contributed by atoms with Crippen LogP contribution in [0, 0.1) is 5.92 Å². The predicted octanol–water partition coefficient (Wildman–Crippen LogP) is 0.858. The lowest BCUT2D eigenvalue weighted by atomic mass is 9.91. The fourth-order valence-electron chi connectivity index (χ4n) is 3.16. The molecule has 3 rings (SSSR count). The van der Waals surface area contributed by atoms with Crippen LogP contribution in [0.15, 0.2) is 24.3 Å². The molecule has 0 spiro atoms. The van der Waals surface area contributed by atoms with Crippen molar-refractivity contribution in [3.8, 4) is 5.75 Å². The summed E-state index contributed by atoms with van der Waals surface area (Å²) in [6.45, 7) is 3.34. The van der Waals surface area contributed by atoms with Crippen LogP contribution >= 0.6 is 0 Å². The molecule has 2 saturated heterocycles. The predicted molar refractivity (Wildman–Crippen MR) is 77.4 cm³/mol. The van der Waals surface area contributed by atoms with Crippen molar-refractivity contribution < 1.29 is 9.53 Å². The van der Waals surface area contributed by atoms with Crippen molar-refractivity contribution in [2.45, 2.75) is 18.9 Å². The number of carbonyl (C=O) groups is 1. The van der Waals surface area contributed by atoms with Gasteiger partial charge in [0.05, 0.1) is 5.92 Å². The van der Waals surface area contributed by atoms with Crippen LogP contribution in [0.3, 0.4) is 0 Å². The number of hydrogen-bond donors (Lipinski definition) is 2. The van der Waals surface area contributed by atoms with Crippen LogP contribution in [-0.4, -0.2) is 43.1 Å². The first-order chi connectivity index (χ1) is 9.74. The number of nitrogen functional groups attached to an aromatic ring is 1. The first kappa shape index (κ1) is 13.2. The second kappa shape index (κ2) is 5.71. The molecule has 3 N–H and O–H groups in total. The number of nitrogens with zero attached hydrogens (tertiary/aromatic N) is 1. The SMILES string of the molecule is Nc1ccc(OCCN2CCCC3C(=O)NCC32)cc1. The fourth-order valence-corrected chi connectivity index (χ4v) is 3.16. The van der Waals surface area contributed by atoms with Crippen molar-refractivity contribution in [3.05, 3.63) is 24.3 Å². The summed E-state index contributed by atoms with van der Waals surface area (Å²) in [6, 6.07) is 7.80. The largest absolute Gasteiger partial charge is 0.492 e. The summed E-state index contributed by atoms with van der Waals surface area (Å²) in [4.78, 5) is 14.1. The van der Waals surface area contributed by atoms with Crippen molar-refractivity contribution in [1.29, 1.82) is 0 Å². The summed E-state index contributed by atoms with van der Waals surface area (Å²) in [7, 11) is 0. The molecule has 2 fully saturated rings. The lowest BCUT2D eigenvalue weighted by Crippen LogP contribution is -2.47. The molecule has 2 unspecified atom stereocenters. The number of rotatable bonds is 4. The van der Waals surface area contributed by atoms with Crippen molar-refractivity contribution in [2.24, 2.45) is 5.92 Å². The van der Waals surface area contributed by atoms with Gasteiger partial charge in [0.25, 0.3) is 0 Å². The molecular weight excluding hydrogens is 254 g/mol. The highest BCUT2D eigenvalue weighted by molar-refractivity contribution is 5.82. The van der Waals surface area contributed by atoms with Crippen LogP contribution in [-0.2, 0) is 4.79 Å². The molecule has 5 nitrogen and oxygen atoms in total. The van der Waals surface area contributed by atoms with E-state index < -0.39 is 0 Å². The number of nitrogens with two attached hydrogens (primary N) is 1. The lowest BCUT2D eigenvalue weighted by molar-refractivity contribution is -0.124. The number of likely N-dealkylation sites (tertiary alicyclic amines) is 1. The van der Waals surface area contributed by atoms with E-state index in [1.165, 1.54) is 0 Å². The van der Waals surface area contributed by atoms with Gasteiger partial charge in [-0.3, -0.25) is 9.69 Å². The quantitative estimate of drug-likeness (QED) is 0.800. The van der Waals surface area contributed by atoms with Gasteiger partial charge in [-0.25, -0.2) is 0 Å². The number of anilines is 1. The minimum absolute atomic E-state index is 0.181. The van der Waals surface area contributed by atoms with Gasteiger partial charge in [0.1, 0.15) is 12.4 Å². The van der Waals surface area contributed by atoms with Crippen LogP contribution in [0.5, 0.6) is 5.75 Å². The molecule has 0 aliphatic carbocycles. The van der Waals surface area contributed by atoms with Gasteiger partial charge in [-0.1, -0.05) is 0 Å². The van der Waals surface area contributed by atoms with E-state index in [0.29, 0.717) is 12.6 Å². The lowest BCUT2D eigenvalue weighted by Gasteiger charge is -2.35. The van der Waals surface area contributed by atoms with E-state index >= 15 is 0 Å². The van der Waals surface area contributed by atoms with E-state index in [2.05, 4.69) is 10.2 Å². The first-order valence-electron chi connectivity index (χ1n) is 7.24. The number of amides is 1. The highest BCUT2D eigenvalue weighted by Gasteiger charge is 2.40. The summed E-state index contributed by atoms with van der Waals surface area (Å²) in [5.41, 5.74) is 6.38. The van der Waals surface area contributed by atoms with Gasteiger partial charge in [0.2, 0.25) is 5.91 Å². The summed E-state index contributed by atoms with van der Waals surface area (Å²) in [6.07, 6.45) is 2.11. The molecule has 0 bridgehead atoms. The second-order valence-electron chi connectivity index (χ2n) is 5.51. The molecule has 5 heteroatoms. The molecule has 0 saturated carbocycles. The average Bonchev–Trinajstić information content (AvgIpc) is 2.84. The number of piperidine rings is 1. The molecule has 1 amide bonds. The molecule has 1 aromatic carbocycles. The molecule has 0 aromatic heterocycles. The Balaban J connectivity index is 1.50. The Morgan fingerprint density at radius 2 is 2.15 bits per heavy atom. The summed E-state index contributed by atoms with van der Waals surface area (Å²) in [5.74, 6) is 1.24. The summed E-state index contributed by atoms with van der Waals surface area (Å²) < 4.78 is 5.74. The number of carbonyl (C=O) groups excluding carboxylic acids is 1. The van der Waals surface area contributed by atoms with Crippen LogP contribution in [0.25, 0.3) is 0 Å². The monoisotopic (exact) mass is 275 g/mol. The third-order valence-electron chi connectivity index (χ3n) is 4.24. The van der Waals surface area contributed by atoms with Crippen LogP contribution in [0.1, 0.15) is 12.8 Å². The maximum absolute atomic E-state index is 11.7. The van der Waals surface area contributed by atoms with Gasteiger partial charge in [-0.2, -0.15) is 0 Å². The molecule has 2 atom stereocenters. The number of fused-ring (bicyclic) bond motifs is 1. The Morgan fingerprint density at radius 3 is 2.95 bits per heavy atom. The molecule has 108 valence electrons. The van der Waals surface area contributed by atoms with E-state index in [-0.39, 0.29) is 11.8 Å². The molecule has 20 heavy (non-hydrogen) atoms. The number of ether oxygens (including phenoxy) is 1. The van der Waals surface area contributed by atoms with E-state index in [1.807, 2.05) is 24.3 Å². The van der Waals surface area contributed by atoms with E-state index in [1.54, 1.807) is 0 Å². The third-order valence-corrected chi connectivity index (χ3v) is 4.24. The topological polar surface area (TPSA) is 67.6 Å². The molecule has 2 aliphatic rings. The minimum Gasteiger partial charge on any atom is -0.492 e. The molecule has 2 heterocycles. The van der Waals surface area contributed by atoms with Crippen molar-refractivity contribution in [1.82, 2.24) is 10.2 Å². The number of hydrogen-bond acceptors (Lipinski definition) is 4. The Kier molecular flexibility index (Phi) is 3.78. The highest BCUT2D eigenvalue weighted by atomic mass is 16.5. The fraction of sp³-hybridized carbons (Fsp3) is 0.533. The van der Waals surface area contributed by atoms with E-state index in [4.69, 9.17) is 10.5 Å². The Bertz CT molecular complexity index is 475. The summed E-state index contributed by atoms with van der Waals surface area (Å²) >= 11 is 0. The Labute approximate surface area is 119 Å². The number of benzene rings is 1. The minimum atomic E-state index is 0.181. The van der Waals surface area contributed by atoms with Gasteiger partial charge in [-0.15, -0.1) is 0 Å². The smallest absolute Gasteiger partial charge is 0.224 e. The van der Waals surface area contributed by atoms with Crippen molar-refractivity contribution >= 4 is 11.6 Å². The van der Waals surface area contributed by atoms with Gasteiger partial charge in [0.15, 0.2) is 0 Å². The molecule has 0 radical (unpaired) electrons. The van der Waals surface area contributed by atoms with E-state index in [9.17, 15) is 4.79 Å². The molecule has 2 aliphatic heterocycles. The van der Waals surface area contributed by atoms with Crippen LogP contribution in [0.4, 0.5) is 5.69 Å². The number of nitrogens with one attached hydrogen (secondary N) is 1. The maximum atomic E-state index is 11.7. The normalized spacial score (nSPS) is 26.1. The van der Waals surface area contributed by atoms with Gasteiger partial charge < -0.3 is 15.8 Å². The van der Waals surface area contributed by atoms with Crippen LogP contribution in [0.2, 0.25) is 0 Å². The van der Waals surface area contributed by atoms with Crippen molar-refractivity contribution in [2.75, 3.05) is 32.0 Å². The van der Waals surface area contributed by atoms with Gasteiger partial charge in [0, 0.05) is 24.8 Å². The zero-order valence-electron chi connectivity index (χ0n) is 11.5. The van der Waals surface area contributed by atoms with E-state index in [0.717, 1.165) is 43.9 Å². The zero-order chi connectivity index (χ0) is 13.9. The second-order valence-corrected chi connectivity index (χ2v) is 5.51.